The van der Waals surface area contributed by atoms with Crippen LogP contribution in [0.5, 0.6) is 0 Å². The second kappa shape index (κ2) is 5.59. The highest BCUT2D eigenvalue weighted by Crippen LogP contribution is 2.10. The minimum Gasteiger partial charge on any atom is -0.304 e. The van der Waals surface area contributed by atoms with Gasteiger partial charge in [-0.05, 0) is 26.8 Å². The first kappa shape index (κ1) is 11.0. The minimum atomic E-state index is 0.690. The van der Waals surface area contributed by atoms with Crippen LogP contribution in [0, 0.1) is 5.92 Å². The van der Waals surface area contributed by atoms with Crippen LogP contribution in [0.1, 0.15) is 40.5 Å². The van der Waals surface area contributed by atoms with E-state index in [1.54, 1.807) is 0 Å². The molecule has 11 heavy (non-hydrogen) atoms. The molecule has 1 heteroatoms. The first-order valence-corrected chi connectivity index (χ1v) is 4.82. The average molecular weight is 157 g/mol. The molecule has 1 nitrogen and oxygen atoms in total. The lowest BCUT2D eigenvalue weighted by molar-refractivity contribution is 0.223. The van der Waals surface area contributed by atoms with Crippen LogP contribution in [0.2, 0.25) is 0 Å². The summed E-state index contributed by atoms with van der Waals surface area (Å²) < 4.78 is 0. The Morgan fingerprint density at radius 1 is 1.09 bits per heavy atom. The summed E-state index contributed by atoms with van der Waals surface area (Å²) in [6, 6.07) is 0.690. The average Bonchev–Trinajstić information content (AvgIpc) is 1.99. The Bertz CT molecular complexity index is 84.9. The van der Waals surface area contributed by atoms with Gasteiger partial charge >= 0.3 is 0 Å². The molecule has 0 saturated carbocycles. The lowest BCUT2D eigenvalue weighted by Gasteiger charge is -2.25. The molecule has 0 aliphatic heterocycles. The van der Waals surface area contributed by atoms with E-state index in [4.69, 9.17) is 0 Å². The predicted octanol–water partition coefficient (Wildman–Crippen LogP) is 2.76. The van der Waals surface area contributed by atoms with E-state index >= 15 is 0 Å². The van der Waals surface area contributed by atoms with Crippen LogP contribution in [-0.4, -0.2) is 24.5 Å². The van der Waals surface area contributed by atoms with Gasteiger partial charge in [-0.2, -0.15) is 0 Å². The first-order chi connectivity index (χ1) is 5.11. The van der Waals surface area contributed by atoms with Gasteiger partial charge in [-0.25, -0.2) is 0 Å². The van der Waals surface area contributed by atoms with Gasteiger partial charge in [-0.3, -0.25) is 0 Å². The number of nitrogens with zero attached hydrogens (tertiary/aromatic N) is 1. The second-order valence-corrected chi connectivity index (χ2v) is 3.72. The van der Waals surface area contributed by atoms with Crippen molar-refractivity contribution >= 4 is 0 Å². The molecule has 0 aromatic rings. The van der Waals surface area contributed by atoms with Gasteiger partial charge in [0.1, 0.15) is 0 Å². The van der Waals surface area contributed by atoms with Crippen LogP contribution < -0.4 is 0 Å². The van der Waals surface area contributed by atoms with E-state index in [2.05, 4.69) is 39.6 Å². The molecule has 0 fully saturated rings. The lowest BCUT2D eigenvalue weighted by Crippen LogP contribution is -2.31. The highest BCUT2D eigenvalue weighted by Gasteiger charge is 2.09. The van der Waals surface area contributed by atoms with Crippen molar-refractivity contribution in [3.63, 3.8) is 0 Å². The van der Waals surface area contributed by atoms with Gasteiger partial charge in [-0.15, -0.1) is 0 Å². The summed E-state index contributed by atoms with van der Waals surface area (Å²) in [6.45, 7) is 10.3. The number of rotatable bonds is 5. The van der Waals surface area contributed by atoms with Gasteiger partial charge in [0.2, 0.25) is 0 Å². The lowest BCUT2D eigenvalue weighted by atomic mass is 10.0. The van der Waals surface area contributed by atoms with Crippen LogP contribution in [0.15, 0.2) is 0 Å². The molecule has 0 heterocycles. The molecular weight excluding hydrogens is 134 g/mol. The van der Waals surface area contributed by atoms with Crippen LogP contribution in [0.3, 0.4) is 0 Å². The third-order valence-electron chi connectivity index (χ3n) is 2.58. The Balaban J connectivity index is 3.62. The topological polar surface area (TPSA) is 3.24 Å². The summed E-state index contributed by atoms with van der Waals surface area (Å²) >= 11 is 0. The molecule has 0 N–H and O–H groups in total. The van der Waals surface area contributed by atoms with Crippen molar-refractivity contribution in [2.75, 3.05) is 13.6 Å². The largest absolute Gasteiger partial charge is 0.304 e. The molecule has 0 radical (unpaired) electrons. The Hall–Kier alpha value is -0.0400. The molecule has 0 spiro atoms. The molecule has 0 atom stereocenters. The summed E-state index contributed by atoms with van der Waals surface area (Å²) in [5.41, 5.74) is 0. The molecule has 0 unspecified atom stereocenters. The fraction of sp³-hybridized carbons (Fsp3) is 1.00. The van der Waals surface area contributed by atoms with Crippen molar-refractivity contribution in [3.05, 3.63) is 0 Å². The third kappa shape index (κ3) is 4.41. The standard InChI is InChI=1S/C10H23N/c1-6-10(7-2)8-11(5)9(3)4/h9-10H,6-8H2,1-5H3. The maximum absolute atomic E-state index is 2.43. The van der Waals surface area contributed by atoms with E-state index in [9.17, 15) is 0 Å². The summed E-state index contributed by atoms with van der Waals surface area (Å²) in [5, 5.41) is 0. The van der Waals surface area contributed by atoms with Crippen LogP contribution >= 0.6 is 0 Å². The van der Waals surface area contributed by atoms with Crippen molar-refractivity contribution in [3.8, 4) is 0 Å². The van der Waals surface area contributed by atoms with Crippen LogP contribution in [-0.2, 0) is 0 Å². The van der Waals surface area contributed by atoms with E-state index in [0.717, 1.165) is 5.92 Å². The van der Waals surface area contributed by atoms with Crippen molar-refractivity contribution in [1.29, 1.82) is 0 Å². The van der Waals surface area contributed by atoms with Crippen molar-refractivity contribution < 1.29 is 0 Å². The summed E-state index contributed by atoms with van der Waals surface area (Å²) in [4.78, 5) is 2.43. The molecule has 0 saturated heterocycles. The molecule has 0 aliphatic rings. The highest BCUT2D eigenvalue weighted by molar-refractivity contribution is 4.63. The zero-order chi connectivity index (χ0) is 8.85. The van der Waals surface area contributed by atoms with Crippen molar-refractivity contribution in [2.45, 2.75) is 46.6 Å². The molecule has 0 rings (SSSR count). The Kier molecular flexibility index (Phi) is 5.57. The van der Waals surface area contributed by atoms with E-state index in [0.29, 0.717) is 6.04 Å². The fourth-order valence-electron chi connectivity index (χ4n) is 1.16. The maximum atomic E-state index is 2.43. The molecule has 0 bridgehead atoms. The quantitative estimate of drug-likeness (QED) is 0.593. The van der Waals surface area contributed by atoms with Gasteiger partial charge in [0, 0.05) is 12.6 Å². The summed E-state index contributed by atoms with van der Waals surface area (Å²) in [5.74, 6) is 0.891. The van der Waals surface area contributed by atoms with Gasteiger partial charge in [0.25, 0.3) is 0 Å². The van der Waals surface area contributed by atoms with Gasteiger partial charge in [-0.1, -0.05) is 26.7 Å². The minimum absolute atomic E-state index is 0.690. The van der Waals surface area contributed by atoms with Crippen LogP contribution in [0.25, 0.3) is 0 Å². The molecule has 0 aromatic heterocycles. The number of hydrogen-bond donors (Lipinski definition) is 0. The van der Waals surface area contributed by atoms with E-state index in [1.807, 2.05) is 0 Å². The van der Waals surface area contributed by atoms with Gasteiger partial charge in [0.05, 0.1) is 0 Å². The molecular formula is C10H23N. The molecule has 0 aliphatic carbocycles. The molecule has 68 valence electrons. The SMILES string of the molecule is CCC(CC)CN(C)C(C)C. The second-order valence-electron chi connectivity index (χ2n) is 3.72. The van der Waals surface area contributed by atoms with Gasteiger partial charge < -0.3 is 4.90 Å². The van der Waals surface area contributed by atoms with E-state index in [1.165, 1.54) is 19.4 Å². The molecule has 0 aromatic carbocycles. The van der Waals surface area contributed by atoms with Gasteiger partial charge in [0.15, 0.2) is 0 Å². The monoisotopic (exact) mass is 157 g/mol. The normalized spacial score (nSPS) is 12.0. The predicted molar refractivity (Wildman–Crippen MR) is 51.8 cm³/mol. The Morgan fingerprint density at radius 3 is 1.82 bits per heavy atom. The summed E-state index contributed by atoms with van der Waals surface area (Å²) in [7, 11) is 2.21. The van der Waals surface area contributed by atoms with Crippen molar-refractivity contribution in [2.24, 2.45) is 5.92 Å². The van der Waals surface area contributed by atoms with Crippen molar-refractivity contribution in [1.82, 2.24) is 4.90 Å². The zero-order valence-corrected chi connectivity index (χ0v) is 8.72. The highest BCUT2D eigenvalue weighted by atomic mass is 15.1. The summed E-state index contributed by atoms with van der Waals surface area (Å²) in [6.07, 6.45) is 2.63. The van der Waals surface area contributed by atoms with E-state index in [-0.39, 0.29) is 0 Å². The third-order valence-corrected chi connectivity index (χ3v) is 2.58. The Labute approximate surface area is 71.8 Å². The van der Waals surface area contributed by atoms with Crippen LogP contribution in [0.4, 0.5) is 0 Å². The first-order valence-electron chi connectivity index (χ1n) is 4.82. The smallest absolute Gasteiger partial charge is 0.00356 e. The zero-order valence-electron chi connectivity index (χ0n) is 8.72. The Morgan fingerprint density at radius 2 is 1.55 bits per heavy atom. The molecule has 0 amide bonds. The van der Waals surface area contributed by atoms with E-state index < -0.39 is 0 Å². The number of hydrogen-bond acceptors (Lipinski definition) is 1. The maximum Gasteiger partial charge on any atom is 0.00356 e. The fourth-order valence-corrected chi connectivity index (χ4v) is 1.16.